The summed E-state index contributed by atoms with van der Waals surface area (Å²) in [5, 5.41) is 4.30. The van der Waals surface area contributed by atoms with Gasteiger partial charge in [0.1, 0.15) is 0 Å². The summed E-state index contributed by atoms with van der Waals surface area (Å²) in [6.45, 7) is 23.1. The van der Waals surface area contributed by atoms with Crippen molar-refractivity contribution in [1.29, 1.82) is 0 Å². The first-order valence-electron chi connectivity index (χ1n) is 11.4. The van der Waals surface area contributed by atoms with Crippen LogP contribution < -0.4 is 0 Å². The maximum Gasteiger partial charge on any atom is 0.0664 e. The molecule has 29 heavy (non-hydrogen) atoms. The highest BCUT2D eigenvalue weighted by molar-refractivity contribution is 5.32. The van der Waals surface area contributed by atoms with Crippen molar-refractivity contribution in [3.8, 4) is 0 Å². The summed E-state index contributed by atoms with van der Waals surface area (Å²) in [7, 11) is 3.60. The molecule has 3 aliphatic heterocycles. The summed E-state index contributed by atoms with van der Waals surface area (Å²) in [5.74, 6) is 2.64. The van der Waals surface area contributed by atoms with Gasteiger partial charge >= 0.3 is 0 Å². The molecule has 2 saturated carbocycles. The fraction of sp³-hybridized carbons (Fsp3) is 0.913. The van der Waals surface area contributed by atoms with Crippen LogP contribution in [0.1, 0.15) is 41.5 Å². The van der Waals surface area contributed by atoms with Crippen LogP contribution in [-0.2, 0) is 9.68 Å². The predicted molar refractivity (Wildman–Crippen MR) is 114 cm³/mol. The van der Waals surface area contributed by atoms with Crippen LogP contribution in [0.25, 0.3) is 0 Å². The zero-order valence-electron chi connectivity index (χ0n) is 19.6. The number of hydrogen-bond acceptors (Lipinski definition) is 6. The molecule has 3 heterocycles. The van der Waals surface area contributed by atoms with Gasteiger partial charge in [0, 0.05) is 78.7 Å². The molecule has 5 atom stereocenters. The number of rotatable bonds is 4. The topological polar surface area (TPSA) is 31.4 Å². The van der Waals surface area contributed by atoms with Crippen molar-refractivity contribution < 1.29 is 9.68 Å². The minimum atomic E-state index is 0.0451. The fourth-order valence-corrected chi connectivity index (χ4v) is 8.29. The second-order valence-corrected chi connectivity index (χ2v) is 11.6. The quantitative estimate of drug-likeness (QED) is 0.716. The Hall–Kier alpha value is -0.660. The first-order valence-corrected chi connectivity index (χ1v) is 11.4. The number of piperazine rings is 1. The van der Waals surface area contributed by atoms with Crippen LogP contribution in [0.3, 0.4) is 0 Å². The van der Waals surface area contributed by atoms with Crippen molar-refractivity contribution in [3.05, 3.63) is 12.3 Å². The Kier molecular flexibility index (Phi) is 4.17. The van der Waals surface area contributed by atoms with E-state index < -0.39 is 0 Å². The van der Waals surface area contributed by atoms with E-state index in [1.807, 2.05) is 12.2 Å². The predicted octanol–water partition coefficient (Wildman–Crippen LogP) is 2.44. The molecule has 164 valence electrons. The molecule has 5 fully saturated rings. The van der Waals surface area contributed by atoms with E-state index in [4.69, 9.17) is 9.68 Å². The zero-order valence-corrected chi connectivity index (χ0v) is 19.6. The number of hydroxylamine groups is 4. The Balaban J connectivity index is 1.22. The van der Waals surface area contributed by atoms with Crippen LogP contribution in [-0.4, -0.2) is 89.0 Å². The van der Waals surface area contributed by atoms with E-state index in [9.17, 15) is 0 Å². The molecule has 0 aromatic heterocycles. The van der Waals surface area contributed by atoms with Gasteiger partial charge in [0.25, 0.3) is 0 Å². The van der Waals surface area contributed by atoms with E-state index in [-0.39, 0.29) is 16.6 Å². The van der Waals surface area contributed by atoms with Crippen LogP contribution in [0.15, 0.2) is 12.3 Å². The Labute approximate surface area is 176 Å². The minimum absolute atomic E-state index is 0.0451. The fourth-order valence-electron chi connectivity index (χ4n) is 8.29. The Morgan fingerprint density at radius 1 is 0.724 bits per heavy atom. The maximum atomic E-state index is 5.81. The molecule has 5 unspecified atom stereocenters. The molecule has 6 heteroatoms. The van der Waals surface area contributed by atoms with E-state index in [2.05, 4.69) is 63.0 Å². The van der Waals surface area contributed by atoms with Gasteiger partial charge < -0.3 is 4.84 Å². The van der Waals surface area contributed by atoms with Gasteiger partial charge in [0.2, 0.25) is 0 Å². The van der Waals surface area contributed by atoms with Gasteiger partial charge in [-0.05, 0) is 41.5 Å². The summed E-state index contributed by atoms with van der Waals surface area (Å²) >= 11 is 0. The molecule has 0 aromatic rings. The second-order valence-electron chi connectivity index (χ2n) is 11.6. The lowest BCUT2D eigenvalue weighted by atomic mass is 9.97. The number of hydrogen-bond donors (Lipinski definition) is 0. The van der Waals surface area contributed by atoms with Crippen molar-refractivity contribution in [2.75, 3.05) is 40.4 Å². The van der Waals surface area contributed by atoms with Crippen molar-refractivity contribution >= 4 is 0 Å². The molecule has 0 aromatic carbocycles. The molecule has 0 bridgehead atoms. The lowest BCUT2D eigenvalue weighted by Gasteiger charge is -2.45. The standard InChI is InChI=1S/C23H40N4O2/c1-14-15-16(21(2,3)26(14)28-8)19(15)24-10-12-25(13-11-24)20-17-18(20)23(6,7)27(29-9)22(17,4)5/h15-20H,1,10-13H2,2-9H3. The monoisotopic (exact) mass is 404 g/mol. The Morgan fingerprint density at radius 2 is 1.21 bits per heavy atom. The molecule has 0 amide bonds. The summed E-state index contributed by atoms with van der Waals surface area (Å²) in [6, 6.07) is 1.37. The van der Waals surface area contributed by atoms with Crippen molar-refractivity contribution in [2.24, 2.45) is 23.7 Å². The number of piperidine rings is 2. The third kappa shape index (κ3) is 2.41. The average Bonchev–Trinajstić information content (AvgIpc) is 3.51. The Morgan fingerprint density at radius 3 is 1.59 bits per heavy atom. The number of fused-ring (bicyclic) bond motifs is 2. The molecule has 3 saturated heterocycles. The zero-order chi connectivity index (χ0) is 21.1. The smallest absolute Gasteiger partial charge is 0.0664 e. The largest absolute Gasteiger partial charge is 0.301 e. The molecule has 0 N–H and O–H groups in total. The van der Waals surface area contributed by atoms with Gasteiger partial charge in [-0.1, -0.05) is 6.58 Å². The van der Waals surface area contributed by atoms with Gasteiger partial charge in [-0.15, -0.1) is 0 Å². The van der Waals surface area contributed by atoms with Crippen LogP contribution >= 0.6 is 0 Å². The molecular weight excluding hydrogens is 364 g/mol. The summed E-state index contributed by atoms with van der Waals surface area (Å²) in [5.41, 5.74) is 1.42. The van der Waals surface area contributed by atoms with Gasteiger partial charge in [0.05, 0.1) is 19.8 Å². The lowest BCUT2D eigenvalue weighted by Crippen LogP contribution is -2.57. The average molecular weight is 405 g/mol. The first kappa shape index (κ1) is 20.3. The summed E-state index contributed by atoms with van der Waals surface area (Å²) in [6.07, 6.45) is 0. The second kappa shape index (κ2) is 5.98. The van der Waals surface area contributed by atoms with Crippen LogP contribution in [0.4, 0.5) is 0 Å². The summed E-state index contributed by atoms with van der Waals surface area (Å²) in [4.78, 5) is 17.0. The molecular formula is C23H40N4O2. The normalized spacial score (nSPS) is 45.4. The highest BCUT2D eigenvalue weighted by Crippen LogP contribution is 2.66. The summed E-state index contributed by atoms with van der Waals surface area (Å²) < 4.78 is 0. The van der Waals surface area contributed by atoms with Crippen LogP contribution in [0, 0.1) is 23.7 Å². The van der Waals surface area contributed by atoms with Gasteiger partial charge in [0.15, 0.2) is 0 Å². The van der Waals surface area contributed by atoms with Crippen molar-refractivity contribution in [1.82, 2.24) is 19.9 Å². The van der Waals surface area contributed by atoms with E-state index in [0.717, 1.165) is 0 Å². The van der Waals surface area contributed by atoms with Gasteiger partial charge in [-0.2, -0.15) is 5.06 Å². The molecule has 2 aliphatic carbocycles. The van der Waals surface area contributed by atoms with Crippen LogP contribution in [0.5, 0.6) is 0 Å². The highest BCUT2D eigenvalue weighted by Gasteiger charge is 2.75. The van der Waals surface area contributed by atoms with Crippen molar-refractivity contribution in [3.63, 3.8) is 0 Å². The lowest BCUT2D eigenvalue weighted by molar-refractivity contribution is -0.237. The number of nitrogens with zero attached hydrogens (tertiary/aromatic N) is 4. The minimum Gasteiger partial charge on any atom is -0.301 e. The molecule has 6 nitrogen and oxygen atoms in total. The van der Waals surface area contributed by atoms with Gasteiger partial charge in [-0.3, -0.25) is 19.7 Å². The van der Waals surface area contributed by atoms with Crippen molar-refractivity contribution in [2.45, 2.75) is 70.2 Å². The van der Waals surface area contributed by atoms with E-state index >= 15 is 0 Å². The van der Waals surface area contributed by atoms with E-state index in [0.29, 0.717) is 35.8 Å². The third-order valence-corrected chi connectivity index (χ3v) is 9.18. The SMILES string of the molecule is C=C1C2C(N3CCN(C4C5C4C(C)(C)N(OC)C5(C)C)CC3)C2C(C)(C)N1OC. The molecule has 5 aliphatic rings. The third-order valence-electron chi connectivity index (χ3n) is 9.18. The van der Waals surface area contributed by atoms with Crippen LogP contribution in [0.2, 0.25) is 0 Å². The molecule has 0 spiro atoms. The maximum absolute atomic E-state index is 5.81. The Bertz CT molecular complexity index is 690. The molecule has 5 rings (SSSR count). The van der Waals surface area contributed by atoms with E-state index in [1.54, 1.807) is 7.11 Å². The molecule has 0 radical (unpaired) electrons. The van der Waals surface area contributed by atoms with Gasteiger partial charge in [-0.25, -0.2) is 0 Å². The highest BCUT2D eigenvalue weighted by atomic mass is 16.7. The van der Waals surface area contributed by atoms with E-state index in [1.165, 1.54) is 31.9 Å². The first-order chi connectivity index (χ1) is 13.5.